The summed E-state index contributed by atoms with van der Waals surface area (Å²) in [6.07, 6.45) is 1.02. The van der Waals surface area contributed by atoms with Gasteiger partial charge in [0.15, 0.2) is 17.3 Å². The molecule has 4 rings (SSSR count). The van der Waals surface area contributed by atoms with Crippen LogP contribution in [-0.4, -0.2) is 19.9 Å². The van der Waals surface area contributed by atoms with Gasteiger partial charge in [-0.1, -0.05) is 12.1 Å². The number of fused-ring (bicyclic) bond motifs is 1. The number of thiazole rings is 1. The third-order valence-corrected chi connectivity index (χ3v) is 4.89. The van der Waals surface area contributed by atoms with Gasteiger partial charge in [-0.05, 0) is 13.0 Å². The van der Waals surface area contributed by atoms with Crippen molar-refractivity contribution in [2.24, 2.45) is 0 Å². The number of pyridine rings is 1. The maximum Gasteiger partial charge on any atom is 0.200 e. The smallest absolute Gasteiger partial charge is 0.200 e. The summed E-state index contributed by atoms with van der Waals surface area (Å²) in [5, 5.41) is 3.16. The van der Waals surface area contributed by atoms with Crippen molar-refractivity contribution in [2.45, 2.75) is 6.92 Å². The summed E-state index contributed by atoms with van der Waals surface area (Å²) < 4.78 is 29.0. The van der Waals surface area contributed by atoms with Crippen molar-refractivity contribution in [1.29, 1.82) is 0 Å². The van der Waals surface area contributed by atoms with Crippen molar-refractivity contribution in [3.63, 3.8) is 0 Å². The third kappa shape index (κ3) is 3.08. The van der Waals surface area contributed by atoms with Gasteiger partial charge in [0.25, 0.3) is 0 Å². The molecule has 0 radical (unpaired) electrons. The maximum absolute atomic E-state index is 14.4. The summed E-state index contributed by atoms with van der Waals surface area (Å²) in [4.78, 5) is 19.8. The van der Waals surface area contributed by atoms with E-state index in [9.17, 15) is 8.78 Å². The fraction of sp³-hybridized carbons (Fsp3) is 0.0556. The molecule has 4 aromatic rings. The predicted octanol–water partition coefficient (Wildman–Crippen LogP) is 4.61. The summed E-state index contributed by atoms with van der Waals surface area (Å²) in [6.45, 7) is 8.93. The maximum atomic E-state index is 14.4. The van der Waals surface area contributed by atoms with Gasteiger partial charge >= 0.3 is 0 Å². The Kier molecular flexibility index (Phi) is 4.29. The molecule has 1 aromatic carbocycles. The molecule has 0 unspecified atom stereocenters. The second-order valence-corrected chi connectivity index (χ2v) is 6.75. The van der Waals surface area contributed by atoms with Gasteiger partial charge in [-0.3, -0.25) is 0 Å². The quantitative estimate of drug-likeness (QED) is 0.492. The number of nitrogens with one attached hydrogen (secondary N) is 1. The summed E-state index contributed by atoms with van der Waals surface area (Å²) in [6, 6.07) is 5.67. The largest absolute Gasteiger partial charge is 0.384 e. The number of aromatic nitrogens is 4. The first kappa shape index (κ1) is 17.7. The molecule has 10 heteroatoms. The van der Waals surface area contributed by atoms with E-state index >= 15 is 0 Å². The minimum Gasteiger partial charge on any atom is -0.384 e. The summed E-state index contributed by atoms with van der Waals surface area (Å²) in [7, 11) is 0. The lowest BCUT2D eigenvalue weighted by molar-refractivity contribution is 0.629. The zero-order valence-corrected chi connectivity index (χ0v) is 15.2. The molecule has 0 amide bonds. The molecule has 0 fully saturated rings. The minimum atomic E-state index is -0.651. The average Bonchev–Trinajstić information content (AvgIpc) is 3.09. The van der Waals surface area contributed by atoms with E-state index < -0.39 is 11.6 Å². The minimum absolute atomic E-state index is 0.0235. The van der Waals surface area contributed by atoms with Crippen LogP contribution in [0.4, 0.5) is 31.9 Å². The molecule has 3 heterocycles. The number of nitrogen functional groups attached to an aromatic ring is 1. The van der Waals surface area contributed by atoms with Gasteiger partial charge in [0.05, 0.1) is 18.3 Å². The Morgan fingerprint density at radius 2 is 2.00 bits per heavy atom. The zero-order chi connectivity index (χ0) is 19.8. The number of benzene rings is 1. The summed E-state index contributed by atoms with van der Waals surface area (Å²) in [5.74, 6) is 0.147. The normalized spacial score (nSPS) is 10.8. The number of nitrogens with zero attached hydrogens (tertiary/aromatic N) is 5. The van der Waals surface area contributed by atoms with Gasteiger partial charge in [-0.2, -0.15) is 0 Å². The van der Waals surface area contributed by atoms with Crippen LogP contribution in [0.25, 0.3) is 25.6 Å². The van der Waals surface area contributed by atoms with E-state index in [0.29, 0.717) is 22.2 Å². The molecule has 0 saturated carbocycles. The van der Waals surface area contributed by atoms with E-state index in [1.165, 1.54) is 24.3 Å². The lowest BCUT2D eigenvalue weighted by Gasteiger charge is -2.07. The van der Waals surface area contributed by atoms with Crippen molar-refractivity contribution < 1.29 is 8.78 Å². The van der Waals surface area contributed by atoms with Crippen molar-refractivity contribution >= 4 is 44.7 Å². The number of halogens is 2. The summed E-state index contributed by atoms with van der Waals surface area (Å²) in [5.41, 5.74) is 5.88. The lowest BCUT2D eigenvalue weighted by Crippen LogP contribution is -2.02. The number of anilines is 3. The summed E-state index contributed by atoms with van der Waals surface area (Å²) >= 11 is 1.03. The second-order valence-electron chi connectivity index (χ2n) is 5.75. The van der Waals surface area contributed by atoms with E-state index in [0.717, 1.165) is 17.5 Å². The third-order valence-electron chi connectivity index (χ3n) is 3.81. The van der Waals surface area contributed by atoms with E-state index in [1.54, 1.807) is 6.92 Å². The number of rotatable bonds is 3. The van der Waals surface area contributed by atoms with Crippen molar-refractivity contribution in [1.82, 2.24) is 19.9 Å². The van der Waals surface area contributed by atoms with Crippen LogP contribution in [0, 0.1) is 25.1 Å². The molecule has 3 N–H and O–H groups in total. The fourth-order valence-corrected chi connectivity index (χ4v) is 3.75. The molecule has 0 aliphatic rings. The van der Waals surface area contributed by atoms with Crippen LogP contribution in [0.15, 0.2) is 30.5 Å². The molecule has 3 aromatic heterocycles. The lowest BCUT2D eigenvalue weighted by atomic mass is 10.2. The van der Waals surface area contributed by atoms with Crippen LogP contribution in [0.5, 0.6) is 0 Å². The molecule has 28 heavy (non-hydrogen) atoms. The van der Waals surface area contributed by atoms with Crippen molar-refractivity contribution in [3.05, 3.63) is 59.3 Å². The topological polar surface area (TPSA) is 94.0 Å². The first-order valence-corrected chi connectivity index (χ1v) is 8.77. The average molecular weight is 395 g/mol. The Labute approximate surface area is 161 Å². The molecule has 0 atom stereocenters. The number of hydrogen-bond acceptors (Lipinski definition) is 7. The van der Waals surface area contributed by atoms with Gasteiger partial charge in [-0.15, -0.1) is 11.3 Å². The predicted molar refractivity (Wildman–Crippen MR) is 103 cm³/mol. The highest BCUT2D eigenvalue weighted by atomic mass is 32.1. The Balaban J connectivity index is 1.88. The molecule has 0 aliphatic carbocycles. The highest BCUT2D eigenvalue weighted by molar-refractivity contribution is 7.22. The Hall–Kier alpha value is -3.71. The molecule has 138 valence electrons. The highest BCUT2D eigenvalue weighted by Gasteiger charge is 2.20. The molecular formula is C18H11F2N7S. The first-order valence-electron chi connectivity index (χ1n) is 7.96. The van der Waals surface area contributed by atoms with E-state index in [4.69, 9.17) is 12.3 Å². The Bertz CT molecular complexity index is 1240. The van der Waals surface area contributed by atoms with Crippen LogP contribution in [-0.2, 0) is 0 Å². The molecule has 7 nitrogen and oxygen atoms in total. The number of nitrogens with two attached hydrogens (primary N) is 1. The Morgan fingerprint density at radius 3 is 2.75 bits per heavy atom. The van der Waals surface area contributed by atoms with Crippen LogP contribution < -0.4 is 11.1 Å². The second kappa shape index (κ2) is 6.79. The number of aryl methyl sites for hydroxylation is 1. The standard InChI is InChI=1S/C18H11F2N7S/c1-8-24-12(21)6-13(25-8)26-17-16-15(10(20)7-23-17)27-18(28-16)14-9(19)4-3-5-11(14)22-2/h3-7H,1H3,(H3,21,23,24,25,26). The van der Waals surface area contributed by atoms with Crippen molar-refractivity contribution in [3.8, 4) is 10.6 Å². The fourth-order valence-electron chi connectivity index (χ4n) is 2.67. The molecule has 0 aliphatic heterocycles. The van der Waals surface area contributed by atoms with Gasteiger partial charge < -0.3 is 11.1 Å². The SMILES string of the molecule is [C-]#[N+]c1cccc(F)c1-c1nc2c(F)cnc(Nc3cc(N)nc(C)n3)c2s1. The zero-order valence-electron chi connectivity index (χ0n) is 14.4. The molecule has 0 saturated heterocycles. The van der Waals surface area contributed by atoms with Crippen LogP contribution in [0.2, 0.25) is 0 Å². The monoisotopic (exact) mass is 395 g/mol. The first-order chi connectivity index (χ1) is 13.5. The molecular weight excluding hydrogens is 384 g/mol. The van der Waals surface area contributed by atoms with E-state index in [-0.39, 0.29) is 27.6 Å². The van der Waals surface area contributed by atoms with Crippen molar-refractivity contribution in [2.75, 3.05) is 11.1 Å². The van der Waals surface area contributed by atoms with E-state index in [2.05, 4.69) is 30.1 Å². The highest BCUT2D eigenvalue weighted by Crippen LogP contribution is 2.40. The molecule has 0 bridgehead atoms. The van der Waals surface area contributed by atoms with Gasteiger partial charge in [-0.25, -0.2) is 33.6 Å². The van der Waals surface area contributed by atoms with E-state index in [1.807, 2.05) is 0 Å². The Morgan fingerprint density at radius 1 is 1.18 bits per heavy atom. The van der Waals surface area contributed by atoms with Crippen LogP contribution >= 0.6 is 11.3 Å². The van der Waals surface area contributed by atoms with Gasteiger partial charge in [0.2, 0.25) is 0 Å². The van der Waals surface area contributed by atoms with Crippen LogP contribution in [0.1, 0.15) is 5.82 Å². The van der Waals surface area contributed by atoms with Crippen LogP contribution in [0.3, 0.4) is 0 Å². The van der Waals surface area contributed by atoms with Gasteiger partial charge in [0.1, 0.15) is 38.5 Å². The van der Waals surface area contributed by atoms with Gasteiger partial charge in [0, 0.05) is 6.07 Å². The molecule has 0 spiro atoms. The number of hydrogen-bond donors (Lipinski definition) is 2.